The van der Waals surface area contributed by atoms with E-state index in [0.717, 1.165) is 39.0 Å². The van der Waals surface area contributed by atoms with Crippen LogP contribution in [0.15, 0.2) is 0 Å². The predicted molar refractivity (Wildman–Crippen MR) is 81.1 cm³/mol. The van der Waals surface area contributed by atoms with E-state index >= 15 is 0 Å². The topological polar surface area (TPSA) is 87.8 Å². The highest BCUT2D eigenvalue weighted by atomic mass is 16.5. The number of rotatable bonds is 4. The fourth-order valence-electron chi connectivity index (χ4n) is 4.92. The van der Waals surface area contributed by atoms with Gasteiger partial charge in [0.2, 0.25) is 5.91 Å². The van der Waals surface area contributed by atoms with Crippen molar-refractivity contribution in [3.05, 3.63) is 0 Å². The Kier molecular flexibility index (Phi) is 3.49. The SMILES string of the molecule is NC(=O)C1CCNC2(C1)CC2[C@@H]1CCN(CC2(O)COC2)C1. The van der Waals surface area contributed by atoms with Crippen molar-refractivity contribution in [1.82, 2.24) is 10.2 Å². The Labute approximate surface area is 131 Å². The Morgan fingerprint density at radius 1 is 1.36 bits per heavy atom. The lowest BCUT2D eigenvalue weighted by Gasteiger charge is -2.39. The smallest absolute Gasteiger partial charge is 0.220 e. The first-order valence-corrected chi connectivity index (χ1v) is 8.57. The van der Waals surface area contributed by atoms with Crippen LogP contribution in [0.1, 0.15) is 25.7 Å². The van der Waals surface area contributed by atoms with E-state index in [-0.39, 0.29) is 17.4 Å². The third kappa shape index (κ3) is 2.56. The molecule has 4 aliphatic rings. The summed E-state index contributed by atoms with van der Waals surface area (Å²) in [4.78, 5) is 13.9. The number of ether oxygens (including phenoxy) is 1. The number of nitrogens with zero attached hydrogens (tertiary/aromatic N) is 1. The first-order chi connectivity index (χ1) is 10.5. The second-order valence-corrected chi connectivity index (χ2v) is 7.99. The van der Waals surface area contributed by atoms with Gasteiger partial charge in [0.05, 0.1) is 13.2 Å². The van der Waals surface area contributed by atoms with E-state index in [1.54, 1.807) is 0 Å². The summed E-state index contributed by atoms with van der Waals surface area (Å²) in [5.41, 5.74) is 5.07. The molecule has 22 heavy (non-hydrogen) atoms. The Hall–Kier alpha value is -0.690. The second-order valence-electron chi connectivity index (χ2n) is 7.99. The lowest BCUT2D eigenvalue weighted by molar-refractivity contribution is -0.186. The lowest BCUT2D eigenvalue weighted by Crippen LogP contribution is -2.56. The van der Waals surface area contributed by atoms with Crippen molar-refractivity contribution in [2.45, 2.75) is 36.8 Å². The van der Waals surface area contributed by atoms with Gasteiger partial charge in [0.15, 0.2) is 0 Å². The van der Waals surface area contributed by atoms with Crippen LogP contribution in [0.25, 0.3) is 0 Å². The number of nitrogens with one attached hydrogen (secondary N) is 1. The average molecular weight is 309 g/mol. The number of piperidine rings is 1. The van der Waals surface area contributed by atoms with Crippen LogP contribution in [0.5, 0.6) is 0 Å². The summed E-state index contributed by atoms with van der Waals surface area (Å²) in [7, 11) is 0. The standard InChI is InChI=1S/C16H27N3O3/c17-14(20)11-1-3-18-16(5-11)6-13(16)12-2-4-19(7-12)8-15(21)9-22-10-15/h11-13,18,21H,1-10H2,(H2,17,20)/t11?,12-,13?,16?/m1/s1. The van der Waals surface area contributed by atoms with Crippen molar-refractivity contribution < 1.29 is 14.6 Å². The molecular weight excluding hydrogens is 282 g/mol. The zero-order chi connectivity index (χ0) is 15.4. The van der Waals surface area contributed by atoms with Crippen molar-refractivity contribution in [3.8, 4) is 0 Å². The number of hydrogen-bond acceptors (Lipinski definition) is 5. The van der Waals surface area contributed by atoms with Crippen LogP contribution in [0.3, 0.4) is 0 Å². The maximum Gasteiger partial charge on any atom is 0.220 e. The second kappa shape index (κ2) is 5.16. The highest BCUT2D eigenvalue weighted by Gasteiger charge is 2.60. The highest BCUT2D eigenvalue weighted by Crippen LogP contribution is 2.55. The molecule has 3 heterocycles. The fourth-order valence-corrected chi connectivity index (χ4v) is 4.92. The summed E-state index contributed by atoms with van der Waals surface area (Å²) in [5.74, 6) is 1.28. The Bertz CT molecular complexity index is 468. The van der Waals surface area contributed by atoms with E-state index in [2.05, 4.69) is 10.2 Å². The summed E-state index contributed by atoms with van der Waals surface area (Å²) in [5, 5.41) is 13.9. The number of amides is 1. The van der Waals surface area contributed by atoms with Crippen LogP contribution in [-0.4, -0.2) is 66.4 Å². The zero-order valence-electron chi connectivity index (χ0n) is 13.1. The van der Waals surface area contributed by atoms with E-state index in [9.17, 15) is 9.90 Å². The lowest BCUT2D eigenvalue weighted by atomic mass is 9.86. The molecule has 4 fully saturated rings. The maximum absolute atomic E-state index is 11.5. The molecule has 1 saturated carbocycles. The molecule has 1 aliphatic carbocycles. The normalized spacial score (nSPS) is 44.0. The molecule has 0 aromatic carbocycles. The van der Waals surface area contributed by atoms with Crippen molar-refractivity contribution >= 4 is 5.91 Å². The molecule has 124 valence electrons. The minimum Gasteiger partial charge on any atom is -0.384 e. The minimum atomic E-state index is -0.615. The summed E-state index contributed by atoms with van der Waals surface area (Å²) in [6, 6.07) is 0. The number of likely N-dealkylation sites (tertiary alicyclic amines) is 1. The van der Waals surface area contributed by atoms with Crippen molar-refractivity contribution in [3.63, 3.8) is 0 Å². The Morgan fingerprint density at radius 3 is 2.86 bits per heavy atom. The number of β-amino-alcohol motifs (C(OH)–C–C–N with tert-alkyl or cyclic N) is 1. The molecule has 3 aliphatic heterocycles. The third-order valence-electron chi connectivity index (χ3n) is 6.25. The molecule has 4 rings (SSSR count). The highest BCUT2D eigenvalue weighted by molar-refractivity contribution is 5.77. The van der Waals surface area contributed by atoms with Crippen LogP contribution >= 0.6 is 0 Å². The largest absolute Gasteiger partial charge is 0.384 e. The predicted octanol–water partition coefficient (Wildman–Crippen LogP) is -0.687. The molecule has 0 radical (unpaired) electrons. The minimum absolute atomic E-state index is 0.0524. The molecule has 1 spiro atoms. The summed E-state index contributed by atoms with van der Waals surface area (Å²) in [6.45, 7) is 4.74. The van der Waals surface area contributed by atoms with Gasteiger partial charge >= 0.3 is 0 Å². The monoisotopic (exact) mass is 309 g/mol. The number of primary amides is 1. The van der Waals surface area contributed by atoms with Crippen molar-refractivity contribution in [2.24, 2.45) is 23.5 Å². The molecule has 4 N–H and O–H groups in total. The van der Waals surface area contributed by atoms with Gasteiger partial charge < -0.3 is 20.9 Å². The van der Waals surface area contributed by atoms with E-state index in [4.69, 9.17) is 10.5 Å². The van der Waals surface area contributed by atoms with Crippen LogP contribution in [-0.2, 0) is 9.53 Å². The first-order valence-electron chi connectivity index (χ1n) is 8.57. The molecule has 0 bridgehead atoms. The van der Waals surface area contributed by atoms with E-state index in [1.165, 1.54) is 12.8 Å². The molecule has 0 aromatic heterocycles. The van der Waals surface area contributed by atoms with Gasteiger partial charge in [-0.1, -0.05) is 0 Å². The quantitative estimate of drug-likeness (QED) is 0.640. The molecule has 1 amide bonds. The van der Waals surface area contributed by atoms with Gasteiger partial charge in [-0.15, -0.1) is 0 Å². The van der Waals surface area contributed by atoms with Crippen LogP contribution in [0.2, 0.25) is 0 Å². The third-order valence-corrected chi connectivity index (χ3v) is 6.25. The van der Waals surface area contributed by atoms with Gasteiger partial charge in [-0.3, -0.25) is 9.69 Å². The van der Waals surface area contributed by atoms with Crippen LogP contribution in [0, 0.1) is 17.8 Å². The molecule has 0 aromatic rings. The number of hydrogen-bond donors (Lipinski definition) is 3. The van der Waals surface area contributed by atoms with Crippen molar-refractivity contribution in [1.29, 1.82) is 0 Å². The van der Waals surface area contributed by atoms with Gasteiger partial charge in [-0.2, -0.15) is 0 Å². The Morgan fingerprint density at radius 2 is 2.18 bits per heavy atom. The molecule has 6 heteroatoms. The summed E-state index contributed by atoms with van der Waals surface area (Å²) < 4.78 is 5.13. The first kappa shape index (κ1) is 14.9. The van der Waals surface area contributed by atoms with E-state index in [0.29, 0.717) is 25.0 Å². The molecule has 4 atom stereocenters. The van der Waals surface area contributed by atoms with Gasteiger partial charge in [-0.05, 0) is 50.6 Å². The maximum atomic E-state index is 11.5. The van der Waals surface area contributed by atoms with Crippen molar-refractivity contribution in [2.75, 3.05) is 39.4 Å². The molecule has 3 saturated heterocycles. The summed E-state index contributed by atoms with van der Waals surface area (Å²) in [6.07, 6.45) is 4.18. The van der Waals surface area contributed by atoms with Crippen LogP contribution < -0.4 is 11.1 Å². The molecular formula is C16H27N3O3. The fraction of sp³-hybridized carbons (Fsp3) is 0.938. The van der Waals surface area contributed by atoms with Gasteiger partial charge in [0.25, 0.3) is 0 Å². The average Bonchev–Trinajstić information content (AvgIpc) is 2.93. The number of nitrogens with two attached hydrogens (primary N) is 1. The van der Waals surface area contributed by atoms with E-state index in [1.807, 2.05) is 0 Å². The van der Waals surface area contributed by atoms with Crippen LogP contribution in [0.4, 0.5) is 0 Å². The molecule has 3 unspecified atom stereocenters. The number of carbonyl (C=O) groups is 1. The zero-order valence-corrected chi connectivity index (χ0v) is 13.1. The van der Waals surface area contributed by atoms with Gasteiger partial charge in [0, 0.05) is 24.5 Å². The van der Waals surface area contributed by atoms with E-state index < -0.39 is 5.60 Å². The number of aliphatic hydroxyl groups is 1. The van der Waals surface area contributed by atoms with Gasteiger partial charge in [-0.25, -0.2) is 0 Å². The summed E-state index contributed by atoms with van der Waals surface area (Å²) >= 11 is 0. The number of carbonyl (C=O) groups excluding carboxylic acids is 1. The Balaban J connectivity index is 1.32. The molecule has 6 nitrogen and oxygen atoms in total. The van der Waals surface area contributed by atoms with Gasteiger partial charge in [0.1, 0.15) is 5.60 Å².